The minimum absolute atomic E-state index is 0.217. The van der Waals surface area contributed by atoms with Crippen molar-refractivity contribution in [1.29, 1.82) is 0 Å². The van der Waals surface area contributed by atoms with Gasteiger partial charge in [-0.15, -0.1) is 0 Å². The molecule has 4 rings (SSSR count). The van der Waals surface area contributed by atoms with Crippen molar-refractivity contribution in [2.75, 3.05) is 39.4 Å². The average Bonchev–Trinajstić information content (AvgIpc) is 2.69. The molecule has 2 fully saturated rings. The maximum absolute atomic E-state index is 12.7. The van der Waals surface area contributed by atoms with Crippen molar-refractivity contribution in [3.63, 3.8) is 0 Å². The predicted molar refractivity (Wildman–Crippen MR) is 98.5 cm³/mol. The summed E-state index contributed by atoms with van der Waals surface area (Å²) in [5.41, 5.74) is 1.42. The van der Waals surface area contributed by atoms with Crippen LogP contribution in [0.5, 0.6) is 0 Å². The zero-order valence-corrected chi connectivity index (χ0v) is 14.7. The van der Waals surface area contributed by atoms with Crippen molar-refractivity contribution in [3.05, 3.63) is 48.0 Å². The molecule has 2 aliphatic rings. The maximum atomic E-state index is 12.7. The number of carbonyl (C=O) groups is 1. The lowest BCUT2D eigenvalue weighted by Gasteiger charge is -2.34. The Bertz CT molecular complexity index is 726. The summed E-state index contributed by atoms with van der Waals surface area (Å²) in [6.07, 6.45) is 2.02. The van der Waals surface area contributed by atoms with Crippen LogP contribution in [0.15, 0.2) is 42.5 Å². The Morgan fingerprint density at radius 1 is 1.04 bits per heavy atom. The van der Waals surface area contributed by atoms with Crippen LogP contribution < -0.4 is 4.90 Å². The molecule has 2 heterocycles. The minimum atomic E-state index is 0.217. The molecule has 0 aliphatic carbocycles. The normalized spacial score (nSPS) is 24.4. The van der Waals surface area contributed by atoms with Crippen LogP contribution >= 0.6 is 0 Å². The predicted octanol–water partition coefficient (Wildman–Crippen LogP) is 1.49. The van der Waals surface area contributed by atoms with Gasteiger partial charge in [0.25, 0.3) is 0 Å². The molecule has 0 aromatic heterocycles. The van der Waals surface area contributed by atoms with Crippen molar-refractivity contribution in [2.24, 2.45) is 5.92 Å². The Kier molecular flexibility index (Phi) is 4.99. The minimum Gasteiger partial charge on any atom is -0.378 e. The standard InChI is InChI=1S/C21H26N2O2/c24-21(23-12-14-25-15-13-23)18-8-10-22(11-9-18)16-19-6-3-5-17-4-1-2-7-20(17)19/h1-7,18H,8-16H2/p+1. The fraction of sp³-hybridized carbons (Fsp3) is 0.476. The maximum Gasteiger partial charge on any atom is 0.226 e. The van der Waals surface area contributed by atoms with Gasteiger partial charge in [-0.1, -0.05) is 42.5 Å². The van der Waals surface area contributed by atoms with E-state index < -0.39 is 0 Å². The third kappa shape index (κ3) is 3.70. The molecule has 25 heavy (non-hydrogen) atoms. The summed E-state index contributed by atoms with van der Waals surface area (Å²) in [7, 11) is 0. The van der Waals surface area contributed by atoms with Crippen molar-refractivity contribution < 1.29 is 14.4 Å². The zero-order valence-electron chi connectivity index (χ0n) is 14.7. The van der Waals surface area contributed by atoms with E-state index in [1.54, 1.807) is 4.90 Å². The molecule has 0 unspecified atom stereocenters. The molecule has 0 radical (unpaired) electrons. The monoisotopic (exact) mass is 339 g/mol. The lowest BCUT2D eigenvalue weighted by atomic mass is 9.94. The van der Waals surface area contributed by atoms with Gasteiger partial charge in [0.2, 0.25) is 5.91 Å². The molecule has 2 aliphatic heterocycles. The van der Waals surface area contributed by atoms with Crippen LogP contribution in [0.25, 0.3) is 10.8 Å². The molecule has 0 atom stereocenters. The summed E-state index contributed by atoms with van der Waals surface area (Å²) < 4.78 is 5.36. The Morgan fingerprint density at radius 3 is 2.56 bits per heavy atom. The lowest BCUT2D eigenvalue weighted by molar-refractivity contribution is -0.919. The first-order valence-corrected chi connectivity index (χ1v) is 9.48. The van der Waals surface area contributed by atoms with E-state index >= 15 is 0 Å². The first-order chi connectivity index (χ1) is 12.3. The molecular weight excluding hydrogens is 312 g/mol. The molecule has 2 aromatic rings. The number of amides is 1. The van der Waals surface area contributed by atoms with Crippen LogP contribution in [-0.2, 0) is 16.1 Å². The van der Waals surface area contributed by atoms with Crippen LogP contribution in [-0.4, -0.2) is 50.2 Å². The summed E-state index contributed by atoms with van der Waals surface area (Å²) in [4.78, 5) is 16.3. The van der Waals surface area contributed by atoms with Gasteiger partial charge in [-0.2, -0.15) is 0 Å². The van der Waals surface area contributed by atoms with Gasteiger partial charge in [0, 0.05) is 37.4 Å². The second-order valence-corrected chi connectivity index (χ2v) is 7.28. The molecule has 0 saturated carbocycles. The van der Waals surface area contributed by atoms with E-state index in [1.165, 1.54) is 16.3 Å². The van der Waals surface area contributed by atoms with Gasteiger partial charge in [-0.3, -0.25) is 4.79 Å². The fourth-order valence-electron chi connectivity index (χ4n) is 4.21. The number of ether oxygens (including phenoxy) is 1. The van der Waals surface area contributed by atoms with Crippen LogP contribution in [0.1, 0.15) is 18.4 Å². The number of morpholine rings is 1. The molecule has 2 aromatic carbocycles. The summed E-state index contributed by atoms with van der Waals surface area (Å²) in [6.45, 7) is 6.14. The Labute approximate surface area is 149 Å². The molecule has 1 N–H and O–H groups in total. The van der Waals surface area contributed by atoms with Gasteiger partial charge >= 0.3 is 0 Å². The molecule has 4 nitrogen and oxygen atoms in total. The van der Waals surface area contributed by atoms with E-state index in [0.29, 0.717) is 19.1 Å². The van der Waals surface area contributed by atoms with E-state index in [9.17, 15) is 4.79 Å². The van der Waals surface area contributed by atoms with Crippen molar-refractivity contribution in [1.82, 2.24) is 4.90 Å². The van der Waals surface area contributed by atoms with Crippen LogP contribution in [0.2, 0.25) is 0 Å². The lowest BCUT2D eigenvalue weighted by Crippen LogP contribution is -3.11. The highest BCUT2D eigenvalue weighted by Gasteiger charge is 2.31. The van der Waals surface area contributed by atoms with Crippen molar-refractivity contribution in [3.8, 4) is 0 Å². The Morgan fingerprint density at radius 2 is 1.76 bits per heavy atom. The average molecular weight is 339 g/mol. The van der Waals surface area contributed by atoms with Gasteiger partial charge < -0.3 is 14.5 Å². The summed E-state index contributed by atoms with van der Waals surface area (Å²) in [6, 6.07) is 15.2. The smallest absolute Gasteiger partial charge is 0.226 e. The zero-order chi connectivity index (χ0) is 17.1. The fourth-order valence-corrected chi connectivity index (χ4v) is 4.21. The van der Waals surface area contributed by atoms with E-state index in [2.05, 4.69) is 42.5 Å². The number of hydrogen-bond donors (Lipinski definition) is 1. The first kappa shape index (κ1) is 16.6. The topological polar surface area (TPSA) is 34.0 Å². The van der Waals surface area contributed by atoms with Gasteiger partial charge in [0.15, 0.2) is 0 Å². The molecule has 2 saturated heterocycles. The summed E-state index contributed by atoms with van der Waals surface area (Å²) in [5, 5.41) is 2.68. The van der Waals surface area contributed by atoms with E-state index in [4.69, 9.17) is 4.74 Å². The number of benzene rings is 2. The molecule has 0 spiro atoms. The number of likely N-dealkylation sites (tertiary alicyclic amines) is 1. The highest BCUT2D eigenvalue weighted by molar-refractivity contribution is 5.85. The largest absolute Gasteiger partial charge is 0.378 e. The number of carbonyl (C=O) groups excluding carboxylic acids is 1. The van der Waals surface area contributed by atoms with E-state index in [-0.39, 0.29) is 5.92 Å². The first-order valence-electron chi connectivity index (χ1n) is 9.48. The quantitative estimate of drug-likeness (QED) is 0.919. The number of quaternary nitrogens is 1. The second-order valence-electron chi connectivity index (χ2n) is 7.28. The molecule has 0 bridgehead atoms. The molecular formula is C21H27N2O2+. The highest BCUT2D eigenvalue weighted by atomic mass is 16.5. The molecule has 4 heteroatoms. The third-order valence-electron chi connectivity index (χ3n) is 5.69. The van der Waals surface area contributed by atoms with Crippen molar-refractivity contribution >= 4 is 16.7 Å². The van der Waals surface area contributed by atoms with Gasteiger partial charge in [-0.25, -0.2) is 0 Å². The number of fused-ring (bicyclic) bond motifs is 1. The number of rotatable bonds is 3. The number of piperidine rings is 1. The molecule has 132 valence electrons. The number of nitrogens with zero attached hydrogens (tertiary/aromatic N) is 1. The molecule has 1 amide bonds. The Balaban J connectivity index is 1.36. The van der Waals surface area contributed by atoms with Crippen LogP contribution in [0, 0.1) is 5.92 Å². The van der Waals surface area contributed by atoms with Crippen LogP contribution in [0.4, 0.5) is 0 Å². The second kappa shape index (κ2) is 7.54. The number of nitrogens with one attached hydrogen (secondary N) is 1. The summed E-state index contributed by atoms with van der Waals surface area (Å²) in [5.74, 6) is 0.571. The SMILES string of the molecule is O=C(C1CC[NH+](Cc2cccc3ccccc23)CC1)N1CCOCC1. The van der Waals surface area contributed by atoms with E-state index in [1.807, 2.05) is 4.90 Å². The highest BCUT2D eigenvalue weighted by Crippen LogP contribution is 2.19. The third-order valence-corrected chi connectivity index (χ3v) is 5.69. The van der Waals surface area contributed by atoms with Gasteiger partial charge in [0.1, 0.15) is 6.54 Å². The summed E-state index contributed by atoms with van der Waals surface area (Å²) >= 11 is 0. The van der Waals surface area contributed by atoms with Gasteiger partial charge in [0.05, 0.1) is 26.3 Å². The van der Waals surface area contributed by atoms with Crippen molar-refractivity contribution in [2.45, 2.75) is 19.4 Å². The van der Waals surface area contributed by atoms with Crippen LogP contribution in [0.3, 0.4) is 0 Å². The van der Waals surface area contributed by atoms with E-state index in [0.717, 1.165) is 45.6 Å². The number of hydrogen-bond acceptors (Lipinski definition) is 2. The van der Waals surface area contributed by atoms with Gasteiger partial charge in [-0.05, 0) is 10.8 Å². The Hall–Kier alpha value is -1.91.